The van der Waals surface area contributed by atoms with Gasteiger partial charge in [-0.3, -0.25) is 4.79 Å². The third-order valence-electron chi connectivity index (χ3n) is 5.28. The van der Waals surface area contributed by atoms with E-state index in [0.29, 0.717) is 11.7 Å². The molecule has 1 aromatic carbocycles. The summed E-state index contributed by atoms with van der Waals surface area (Å²) < 4.78 is 0. The van der Waals surface area contributed by atoms with Gasteiger partial charge in [0, 0.05) is 25.2 Å². The molecule has 0 atom stereocenters. The largest absolute Gasteiger partial charge is 0.352 e. The first-order chi connectivity index (χ1) is 12.3. The number of carbonyl (C=O) groups excluding carboxylic acids is 1. The fourth-order valence-corrected chi connectivity index (χ4v) is 3.84. The van der Waals surface area contributed by atoms with Crippen molar-refractivity contribution < 1.29 is 4.79 Å². The summed E-state index contributed by atoms with van der Waals surface area (Å²) in [5.41, 5.74) is 3.21. The zero-order valence-corrected chi connectivity index (χ0v) is 14.4. The molecule has 1 aromatic heterocycles. The quantitative estimate of drug-likeness (QED) is 0.936. The lowest BCUT2D eigenvalue weighted by atomic mass is 9.95. The zero-order valence-electron chi connectivity index (χ0n) is 14.4. The first-order valence-corrected chi connectivity index (χ1v) is 9.24. The van der Waals surface area contributed by atoms with Gasteiger partial charge in [-0.05, 0) is 30.4 Å². The van der Waals surface area contributed by atoms with E-state index in [1.165, 1.54) is 36.7 Å². The predicted octanol–water partition coefficient (Wildman–Crippen LogP) is 3.10. The Morgan fingerprint density at radius 1 is 1.08 bits per heavy atom. The minimum absolute atomic E-state index is 0.0760. The number of hydrogen-bond donors (Lipinski definition) is 1. The minimum Gasteiger partial charge on any atom is -0.352 e. The van der Waals surface area contributed by atoms with Gasteiger partial charge in [-0.15, -0.1) is 0 Å². The molecule has 0 spiro atoms. The van der Waals surface area contributed by atoms with Crippen molar-refractivity contribution in [3.63, 3.8) is 0 Å². The lowest BCUT2D eigenvalue weighted by Gasteiger charge is -2.29. The van der Waals surface area contributed by atoms with Crippen molar-refractivity contribution in [3.05, 3.63) is 53.5 Å². The number of hydrogen-bond acceptors (Lipinski definition) is 4. The van der Waals surface area contributed by atoms with Crippen LogP contribution in [0.5, 0.6) is 0 Å². The van der Waals surface area contributed by atoms with E-state index in [4.69, 9.17) is 0 Å². The summed E-state index contributed by atoms with van der Waals surface area (Å²) in [4.78, 5) is 23.3. The van der Waals surface area contributed by atoms with Crippen LogP contribution in [0.15, 0.2) is 36.7 Å². The van der Waals surface area contributed by atoms with Crippen LogP contribution in [0.4, 0.5) is 5.82 Å². The van der Waals surface area contributed by atoms with Gasteiger partial charge in [-0.2, -0.15) is 0 Å². The number of fused-ring (bicyclic) bond motifs is 1. The second-order valence-electron chi connectivity index (χ2n) is 7.01. The number of nitrogens with zero attached hydrogens (tertiary/aromatic N) is 3. The average Bonchev–Trinajstić information content (AvgIpc) is 2.68. The molecule has 0 saturated heterocycles. The number of benzene rings is 1. The smallest absolute Gasteiger partial charge is 0.270 e. The second kappa shape index (κ2) is 7.21. The molecule has 1 fully saturated rings. The normalized spacial score (nSPS) is 17.8. The lowest BCUT2D eigenvalue weighted by Crippen LogP contribution is -2.37. The van der Waals surface area contributed by atoms with Crippen LogP contribution in [-0.2, 0) is 13.0 Å². The molecule has 4 rings (SSSR count). The van der Waals surface area contributed by atoms with E-state index in [0.717, 1.165) is 38.2 Å². The minimum atomic E-state index is -0.0760. The first-order valence-electron chi connectivity index (χ1n) is 9.24. The molecular weight excluding hydrogens is 312 g/mol. The SMILES string of the molecule is O=C(NC1CCCCC1)c1cc(N2CCc3ccccc3C2)ncn1. The van der Waals surface area contributed by atoms with Crippen LogP contribution in [0.3, 0.4) is 0 Å². The van der Waals surface area contributed by atoms with Gasteiger partial charge in [-0.25, -0.2) is 9.97 Å². The van der Waals surface area contributed by atoms with Crippen molar-refractivity contribution in [1.82, 2.24) is 15.3 Å². The maximum atomic E-state index is 12.5. The summed E-state index contributed by atoms with van der Waals surface area (Å²) in [5.74, 6) is 0.756. The van der Waals surface area contributed by atoms with Crippen molar-refractivity contribution in [2.75, 3.05) is 11.4 Å². The first kappa shape index (κ1) is 16.1. The Kier molecular flexibility index (Phi) is 4.63. The van der Waals surface area contributed by atoms with E-state index in [9.17, 15) is 4.79 Å². The molecular formula is C20H24N4O. The van der Waals surface area contributed by atoms with Crippen LogP contribution < -0.4 is 10.2 Å². The van der Waals surface area contributed by atoms with Crippen LogP contribution in [0.1, 0.15) is 53.7 Å². The fourth-order valence-electron chi connectivity index (χ4n) is 3.84. The Balaban J connectivity index is 1.47. The van der Waals surface area contributed by atoms with Gasteiger partial charge >= 0.3 is 0 Å². The molecule has 2 aliphatic rings. The molecule has 5 nitrogen and oxygen atoms in total. The molecule has 2 heterocycles. The number of amides is 1. The summed E-state index contributed by atoms with van der Waals surface area (Å²) in [7, 11) is 0. The number of nitrogens with one attached hydrogen (secondary N) is 1. The third kappa shape index (κ3) is 3.65. The Labute approximate surface area is 148 Å². The van der Waals surface area contributed by atoms with Gasteiger partial charge in [0.15, 0.2) is 0 Å². The molecule has 25 heavy (non-hydrogen) atoms. The number of anilines is 1. The van der Waals surface area contributed by atoms with Crippen LogP contribution >= 0.6 is 0 Å². The molecule has 130 valence electrons. The Bertz CT molecular complexity index is 755. The van der Waals surface area contributed by atoms with Gasteiger partial charge in [0.2, 0.25) is 0 Å². The highest BCUT2D eigenvalue weighted by atomic mass is 16.1. The Hall–Kier alpha value is -2.43. The van der Waals surface area contributed by atoms with Gasteiger partial charge in [-0.1, -0.05) is 43.5 Å². The number of rotatable bonds is 3. The molecule has 1 N–H and O–H groups in total. The van der Waals surface area contributed by atoms with Gasteiger partial charge in [0.1, 0.15) is 17.8 Å². The Morgan fingerprint density at radius 2 is 1.88 bits per heavy atom. The molecule has 0 bridgehead atoms. The van der Waals surface area contributed by atoms with Crippen molar-refractivity contribution in [1.29, 1.82) is 0 Å². The molecule has 1 amide bonds. The summed E-state index contributed by atoms with van der Waals surface area (Å²) >= 11 is 0. The summed E-state index contributed by atoms with van der Waals surface area (Å²) in [5, 5.41) is 3.13. The van der Waals surface area contributed by atoms with E-state index in [1.54, 1.807) is 0 Å². The number of aromatic nitrogens is 2. The molecule has 0 radical (unpaired) electrons. The van der Waals surface area contributed by atoms with Crippen molar-refractivity contribution in [2.24, 2.45) is 0 Å². The van der Waals surface area contributed by atoms with Crippen molar-refractivity contribution >= 4 is 11.7 Å². The van der Waals surface area contributed by atoms with Crippen molar-refractivity contribution in [2.45, 2.75) is 51.1 Å². The topological polar surface area (TPSA) is 58.1 Å². The van der Waals surface area contributed by atoms with Crippen LogP contribution in [0, 0.1) is 0 Å². The molecule has 0 unspecified atom stereocenters. The average molecular weight is 336 g/mol. The highest BCUT2D eigenvalue weighted by molar-refractivity contribution is 5.93. The van der Waals surface area contributed by atoms with E-state index in [-0.39, 0.29) is 5.91 Å². The molecule has 5 heteroatoms. The van der Waals surface area contributed by atoms with Gasteiger partial charge < -0.3 is 10.2 Å². The standard InChI is InChI=1S/C20H24N4O/c25-20(23-17-8-2-1-3-9-17)18-12-19(22-14-21-18)24-11-10-15-6-4-5-7-16(15)13-24/h4-7,12,14,17H,1-3,8-11,13H2,(H,23,25). The monoisotopic (exact) mass is 336 g/mol. The highest BCUT2D eigenvalue weighted by Gasteiger charge is 2.20. The fraction of sp³-hybridized carbons (Fsp3) is 0.450. The number of carbonyl (C=O) groups is 1. The summed E-state index contributed by atoms with van der Waals surface area (Å²) in [6, 6.07) is 10.6. The van der Waals surface area contributed by atoms with Crippen LogP contribution in [-0.4, -0.2) is 28.5 Å². The van der Waals surface area contributed by atoms with Gasteiger partial charge in [0.25, 0.3) is 5.91 Å². The zero-order chi connectivity index (χ0) is 17.1. The second-order valence-corrected chi connectivity index (χ2v) is 7.01. The lowest BCUT2D eigenvalue weighted by molar-refractivity contribution is 0.0922. The molecule has 1 saturated carbocycles. The van der Waals surface area contributed by atoms with E-state index < -0.39 is 0 Å². The highest BCUT2D eigenvalue weighted by Crippen LogP contribution is 2.23. The van der Waals surface area contributed by atoms with E-state index in [1.807, 2.05) is 6.07 Å². The van der Waals surface area contributed by atoms with Gasteiger partial charge in [0.05, 0.1) is 0 Å². The summed E-state index contributed by atoms with van der Waals surface area (Å²) in [6.45, 7) is 1.74. The Morgan fingerprint density at radius 3 is 2.72 bits per heavy atom. The summed E-state index contributed by atoms with van der Waals surface area (Å²) in [6.07, 6.45) is 8.34. The van der Waals surface area contributed by atoms with Crippen molar-refractivity contribution in [3.8, 4) is 0 Å². The van der Waals surface area contributed by atoms with Crippen LogP contribution in [0.2, 0.25) is 0 Å². The predicted molar refractivity (Wildman–Crippen MR) is 97.6 cm³/mol. The third-order valence-corrected chi connectivity index (χ3v) is 5.28. The van der Waals surface area contributed by atoms with E-state index in [2.05, 4.69) is 44.5 Å². The molecule has 2 aromatic rings. The maximum absolute atomic E-state index is 12.5. The molecule has 1 aliphatic carbocycles. The van der Waals surface area contributed by atoms with Crippen LogP contribution in [0.25, 0.3) is 0 Å². The maximum Gasteiger partial charge on any atom is 0.270 e. The van der Waals surface area contributed by atoms with E-state index >= 15 is 0 Å². The molecule has 1 aliphatic heterocycles.